The van der Waals surface area contributed by atoms with E-state index >= 15 is 0 Å². The molecule has 33 heteroatoms. The largest absolute Gasteiger partial charge is 0.508 e. The first-order valence-corrected chi connectivity index (χ1v) is 31.4. The first-order chi connectivity index (χ1) is 45.9. The SMILES string of the molecule is CC(C)C[C@H](NC(=O)[C@H](CC(N)=O)NC(=O)[C@H](CCC(=O)O)NC(=O)[C@H](Cc1c[nH]c2ccccc12)NC(=O)[C@H](Cc1ccc(O)cc1)NC(=O)[C@H](CO)NC(=O)[C@@H]1CCCN1C(=O)[C@H](CO)NC(=O)[C@H](CO)NC(=O)[C@H](Cc1ccc(O)cc1)NC(=O)[C@@H](N)CC(C)C)C(=O)O. The number of nitrogens with two attached hydrogens (primary N) is 2. The first kappa shape index (κ1) is 77.5. The molecule has 0 spiro atoms. The van der Waals surface area contributed by atoms with Crippen LogP contribution >= 0.6 is 0 Å². The van der Waals surface area contributed by atoms with Crippen molar-refractivity contribution < 1.29 is 98.1 Å². The molecular weight excluding hydrogens is 1270 g/mol. The van der Waals surface area contributed by atoms with E-state index in [1.54, 1.807) is 38.1 Å². The number of aliphatic hydroxyl groups excluding tert-OH is 3. The van der Waals surface area contributed by atoms with E-state index in [0.717, 1.165) is 4.90 Å². The topological polar surface area (TPSA) is 543 Å². The lowest BCUT2D eigenvalue weighted by atomic mass is 10.0. The van der Waals surface area contributed by atoms with Crippen molar-refractivity contribution in [2.45, 2.75) is 158 Å². The van der Waals surface area contributed by atoms with E-state index in [2.05, 4.69) is 52.8 Å². The quantitative estimate of drug-likeness (QED) is 0.0204. The van der Waals surface area contributed by atoms with Crippen LogP contribution in [-0.2, 0) is 81.6 Å². The molecule has 33 nitrogen and oxygen atoms in total. The number of phenolic OH excluding ortho intramolecular Hbond substituents is 2. The summed E-state index contributed by atoms with van der Waals surface area (Å²) in [7, 11) is 0. The summed E-state index contributed by atoms with van der Waals surface area (Å²) in [6.45, 7) is 3.67. The summed E-state index contributed by atoms with van der Waals surface area (Å²) in [5.74, 6) is -15.1. The lowest BCUT2D eigenvalue weighted by Gasteiger charge is -2.30. The van der Waals surface area contributed by atoms with E-state index < -0.39 is 189 Å². The number of fused-ring (bicyclic) bond motifs is 1. The van der Waals surface area contributed by atoms with Gasteiger partial charge in [0.15, 0.2) is 0 Å². The minimum absolute atomic E-state index is 0.00517. The second kappa shape index (κ2) is 37.2. The first-order valence-electron chi connectivity index (χ1n) is 31.4. The van der Waals surface area contributed by atoms with Gasteiger partial charge in [0, 0.05) is 49.3 Å². The highest BCUT2D eigenvalue weighted by Crippen LogP contribution is 2.22. The zero-order valence-electron chi connectivity index (χ0n) is 54.0. The maximum absolute atomic E-state index is 14.8. The number of phenols is 2. The zero-order chi connectivity index (χ0) is 71.8. The van der Waals surface area contributed by atoms with Gasteiger partial charge in [-0.3, -0.25) is 57.5 Å². The number of carbonyl (C=O) groups excluding carboxylic acids is 11. The number of aromatic hydroxyl groups is 2. The molecule has 1 aromatic heterocycles. The molecule has 11 amide bonds. The molecule has 5 rings (SSSR count). The second-order valence-electron chi connectivity index (χ2n) is 24.4. The molecule has 528 valence electrons. The molecule has 0 aliphatic carbocycles. The number of benzene rings is 3. The molecule has 21 N–H and O–H groups in total. The van der Waals surface area contributed by atoms with Crippen molar-refractivity contribution >= 4 is 87.8 Å². The number of H-pyrrole nitrogens is 1. The maximum atomic E-state index is 14.8. The Morgan fingerprint density at radius 2 is 0.959 bits per heavy atom. The highest BCUT2D eigenvalue weighted by molar-refractivity contribution is 6.00. The predicted molar refractivity (Wildman–Crippen MR) is 344 cm³/mol. The highest BCUT2D eigenvalue weighted by Gasteiger charge is 2.41. The molecule has 1 saturated heterocycles. The van der Waals surface area contributed by atoms with Crippen LogP contribution in [0.3, 0.4) is 0 Å². The minimum atomic E-state index is -1.87. The Labute approximate surface area is 557 Å². The predicted octanol–water partition coefficient (Wildman–Crippen LogP) is -3.82. The number of hydrogen-bond donors (Lipinski definition) is 19. The van der Waals surface area contributed by atoms with Crippen LogP contribution in [0.15, 0.2) is 79.0 Å². The number of hydrogen-bond acceptors (Lipinski definition) is 19. The number of carboxylic acids is 2. The molecular formula is C64H87N13O20. The molecule has 2 heterocycles. The van der Waals surface area contributed by atoms with Crippen LogP contribution in [0, 0.1) is 11.8 Å². The lowest BCUT2D eigenvalue weighted by molar-refractivity contribution is -0.143. The Balaban J connectivity index is 1.36. The van der Waals surface area contributed by atoms with Crippen LogP contribution in [0.25, 0.3) is 10.9 Å². The molecule has 97 heavy (non-hydrogen) atoms. The van der Waals surface area contributed by atoms with Crippen molar-refractivity contribution in [2.75, 3.05) is 26.4 Å². The molecule has 0 bridgehead atoms. The van der Waals surface area contributed by atoms with Gasteiger partial charge in [0.1, 0.15) is 71.9 Å². The lowest BCUT2D eigenvalue weighted by Crippen LogP contribution is -2.62. The number of amides is 11. The number of aliphatic hydroxyl groups is 3. The van der Waals surface area contributed by atoms with Crippen LogP contribution in [0.5, 0.6) is 11.5 Å². The Bertz CT molecular complexity index is 3440. The van der Waals surface area contributed by atoms with Crippen molar-refractivity contribution in [2.24, 2.45) is 23.3 Å². The van der Waals surface area contributed by atoms with Gasteiger partial charge in [-0.05, 0) is 91.0 Å². The number of carboxylic acid groups (broad SMARTS) is 2. The summed E-state index contributed by atoms with van der Waals surface area (Å²) < 4.78 is 0. The van der Waals surface area contributed by atoms with E-state index in [1.807, 2.05) is 13.8 Å². The summed E-state index contributed by atoms with van der Waals surface area (Å²) >= 11 is 0. The zero-order valence-corrected chi connectivity index (χ0v) is 54.0. The number of para-hydroxylation sites is 1. The van der Waals surface area contributed by atoms with E-state index in [0.29, 0.717) is 27.6 Å². The Kier molecular flexibility index (Phi) is 29.7. The van der Waals surface area contributed by atoms with E-state index in [1.165, 1.54) is 54.7 Å². The number of aromatic amines is 1. The number of nitrogens with zero attached hydrogens (tertiary/aromatic N) is 1. The fourth-order valence-corrected chi connectivity index (χ4v) is 10.7. The number of likely N-dealkylation sites (tertiary alicyclic amines) is 1. The van der Waals surface area contributed by atoms with Gasteiger partial charge < -0.3 is 105 Å². The van der Waals surface area contributed by atoms with Gasteiger partial charge in [0.05, 0.1) is 32.3 Å². The van der Waals surface area contributed by atoms with Gasteiger partial charge in [-0.15, -0.1) is 0 Å². The monoisotopic (exact) mass is 1360 g/mol. The van der Waals surface area contributed by atoms with Gasteiger partial charge in [-0.2, -0.15) is 0 Å². The summed E-state index contributed by atoms with van der Waals surface area (Å²) in [5, 5.41) is 92.9. The average Bonchev–Trinajstić information content (AvgIpc) is 1.73. The van der Waals surface area contributed by atoms with Crippen LogP contribution in [0.1, 0.15) is 89.3 Å². The van der Waals surface area contributed by atoms with Gasteiger partial charge in [0.2, 0.25) is 65.0 Å². The third kappa shape index (κ3) is 23.9. The summed E-state index contributed by atoms with van der Waals surface area (Å²) in [5.41, 5.74) is 13.3. The number of primary amides is 1. The molecule has 0 radical (unpaired) electrons. The van der Waals surface area contributed by atoms with Crippen LogP contribution < -0.4 is 59.3 Å². The molecule has 1 aliphatic rings. The third-order valence-electron chi connectivity index (χ3n) is 15.7. The minimum Gasteiger partial charge on any atom is -0.508 e. The van der Waals surface area contributed by atoms with E-state index in [9.17, 15) is 98.1 Å². The number of nitrogens with one attached hydrogen (secondary N) is 10. The fourth-order valence-electron chi connectivity index (χ4n) is 10.7. The number of aliphatic carboxylic acids is 2. The van der Waals surface area contributed by atoms with Crippen molar-refractivity contribution in [3.63, 3.8) is 0 Å². The van der Waals surface area contributed by atoms with E-state index in [-0.39, 0.29) is 68.4 Å². The Morgan fingerprint density at radius 3 is 1.46 bits per heavy atom. The van der Waals surface area contributed by atoms with Crippen molar-refractivity contribution in [3.05, 3.63) is 95.7 Å². The maximum Gasteiger partial charge on any atom is 0.326 e. The second-order valence-corrected chi connectivity index (χ2v) is 24.4. The Hall–Kier alpha value is -10.3. The van der Waals surface area contributed by atoms with Gasteiger partial charge in [0.25, 0.3) is 0 Å². The Morgan fingerprint density at radius 1 is 0.526 bits per heavy atom. The number of carbonyl (C=O) groups is 13. The third-order valence-corrected chi connectivity index (χ3v) is 15.7. The molecule has 0 unspecified atom stereocenters. The van der Waals surface area contributed by atoms with Gasteiger partial charge in [-0.25, -0.2) is 4.79 Å². The highest BCUT2D eigenvalue weighted by atomic mass is 16.4. The van der Waals surface area contributed by atoms with Crippen molar-refractivity contribution in [1.82, 2.24) is 57.7 Å². The smallest absolute Gasteiger partial charge is 0.326 e. The number of rotatable bonds is 38. The number of aromatic nitrogens is 1. The molecule has 3 aromatic carbocycles. The van der Waals surface area contributed by atoms with Gasteiger partial charge in [-0.1, -0.05) is 70.2 Å². The van der Waals surface area contributed by atoms with Crippen molar-refractivity contribution in [3.8, 4) is 11.5 Å². The fraction of sp³-hybridized carbons (Fsp3) is 0.484. The molecule has 11 atom stereocenters. The summed E-state index contributed by atoms with van der Waals surface area (Å²) in [6, 6.07) is -0.0218. The standard InChI is InChI=1S/C64H87N13O20/c1-32(2)22-40(65)54(86)69-43(24-34-11-15-37(81)16-12-34)57(89)74-48(29-78)61(93)76-50(31-80)63(95)77-21-7-10-51(77)62(94)75-49(30-79)60(92)70-44(25-35-13-17-38(82)18-14-35)56(88)71-45(26-36-28-67-41-9-6-5-8-39(36)41)58(90)68-42(19-20-53(84)85)55(87)72-46(27-52(66)83)59(91)73-47(64(96)97)23-33(3)4/h5-6,8-9,11-18,28,32-33,40,42-51,67,78-82H,7,10,19-27,29-31,65H2,1-4H3,(H2,66,83)(H,68,90)(H,69,86)(H,70,92)(H,71,88)(H,72,87)(H,73,91)(H,74,89)(H,75,94)(H,76,93)(H,84,85)(H,96,97)/t40-,42-,43-,44-,45-,46-,47-,48-,49-,50-,51-/m0/s1. The van der Waals surface area contributed by atoms with Crippen LogP contribution in [-0.4, -0.2) is 215 Å². The molecule has 4 aromatic rings. The molecule has 1 fully saturated rings. The van der Waals surface area contributed by atoms with Crippen LogP contribution in [0.4, 0.5) is 0 Å². The molecule has 0 saturated carbocycles. The average molecular weight is 1360 g/mol. The van der Waals surface area contributed by atoms with Crippen molar-refractivity contribution in [1.29, 1.82) is 0 Å². The van der Waals surface area contributed by atoms with E-state index in [4.69, 9.17) is 11.5 Å². The molecule has 1 aliphatic heterocycles. The van der Waals surface area contributed by atoms with Gasteiger partial charge >= 0.3 is 11.9 Å². The normalized spacial score (nSPS) is 15.9. The van der Waals surface area contributed by atoms with Crippen LogP contribution in [0.2, 0.25) is 0 Å². The summed E-state index contributed by atoms with van der Waals surface area (Å²) in [6.07, 6.45) is -1.35. The summed E-state index contributed by atoms with van der Waals surface area (Å²) in [4.78, 5) is 180.